The number of aromatic amines is 1. The maximum Gasteiger partial charge on any atom is 0.0731 e. The third-order valence-electron chi connectivity index (χ3n) is 4.81. The SMILES string of the molecule is Cc1[nH]c(C=Nc2ccc3cc4ccc(N)cc4nc3c2)c(C)c1C. The maximum atomic E-state index is 5.87. The van der Waals surface area contributed by atoms with Crippen molar-refractivity contribution in [2.75, 3.05) is 5.73 Å². The van der Waals surface area contributed by atoms with Crippen LogP contribution < -0.4 is 5.73 Å². The van der Waals surface area contributed by atoms with Gasteiger partial charge in [0.1, 0.15) is 0 Å². The molecule has 2 aromatic carbocycles. The van der Waals surface area contributed by atoms with E-state index in [1.54, 1.807) is 0 Å². The Kier molecular flexibility index (Phi) is 3.53. The molecule has 0 bridgehead atoms. The molecule has 0 radical (unpaired) electrons. The number of aromatic nitrogens is 2. The van der Waals surface area contributed by atoms with Crippen molar-refractivity contribution in [2.24, 2.45) is 4.99 Å². The summed E-state index contributed by atoms with van der Waals surface area (Å²) in [6, 6.07) is 14.0. The average molecular weight is 328 g/mol. The summed E-state index contributed by atoms with van der Waals surface area (Å²) in [6.07, 6.45) is 1.88. The number of hydrogen-bond donors (Lipinski definition) is 2. The maximum absolute atomic E-state index is 5.87. The molecule has 0 aliphatic rings. The fourth-order valence-electron chi connectivity index (χ4n) is 3.05. The summed E-state index contributed by atoms with van der Waals surface area (Å²) in [7, 11) is 0. The van der Waals surface area contributed by atoms with Gasteiger partial charge in [0, 0.05) is 22.2 Å². The van der Waals surface area contributed by atoms with Gasteiger partial charge < -0.3 is 10.7 Å². The first-order valence-corrected chi connectivity index (χ1v) is 8.31. The standard InChI is InChI=1S/C21H20N4/c1-12-13(2)21(24-14(12)3)11-23-18-7-5-16-8-15-4-6-17(22)9-19(15)25-20(16)10-18/h4-11,24H,22H2,1-3H3. The second-order valence-electron chi connectivity index (χ2n) is 6.49. The first kappa shape index (κ1) is 15.4. The van der Waals surface area contributed by atoms with Gasteiger partial charge in [0.15, 0.2) is 0 Å². The zero-order valence-corrected chi connectivity index (χ0v) is 14.6. The van der Waals surface area contributed by atoms with Crippen LogP contribution in [0.2, 0.25) is 0 Å². The van der Waals surface area contributed by atoms with Crippen molar-refractivity contribution in [3.05, 3.63) is 65.0 Å². The van der Waals surface area contributed by atoms with Crippen LogP contribution in [0.25, 0.3) is 21.8 Å². The van der Waals surface area contributed by atoms with Crippen LogP contribution >= 0.6 is 0 Å². The van der Waals surface area contributed by atoms with Gasteiger partial charge in [-0.2, -0.15) is 0 Å². The highest BCUT2D eigenvalue weighted by Gasteiger charge is 2.05. The molecule has 4 nitrogen and oxygen atoms in total. The van der Waals surface area contributed by atoms with E-state index < -0.39 is 0 Å². The van der Waals surface area contributed by atoms with Gasteiger partial charge >= 0.3 is 0 Å². The number of anilines is 1. The minimum Gasteiger partial charge on any atom is -0.399 e. The van der Waals surface area contributed by atoms with E-state index in [1.165, 1.54) is 16.8 Å². The third kappa shape index (κ3) is 2.76. The Morgan fingerprint density at radius 2 is 1.64 bits per heavy atom. The highest BCUT2D eigenvalue weighted by Crippen LogP contribution is 2.25. The van der Waals surface area contributed by atoms with Crippen LogP contribution in [0.4, 0.5) is 11.4 Å². The van der Waals surface area contributed by atoms with Crippen LogP contribution in [0, 0.1) is 20.8 Å². The first-order valence-electron chi connectivity index (χ1n) is 8.31. The molecule has 0 saturated carbocycles. The molecule has 0 atom stereocenters. The zero-order chi connectivity index (χ0) is 17.6. The summed E-state index contributed by atoms with van der Waals surface area (Å²) in [4.78, 5) is 12.7. The van der Waals surface area contributed by atoms with Crippen LogP contribution in [0.1, 0.15) is 22.5 Å². The van der Waals surface area contributed by atoms with Gasteiger partial charge in [0.25, 0.3) is 0 Å². The van der Waals surface area contributed by atoms with E-state index in [2.05, 4.69) is 42.9 Å². The Hall–Kier alpha value is -3.14. The average Bonchev–Trinajstić information content (AvgIpc) is 2.85. The number of H-pyrrole nitrogens is 1. The fraction of sp³-hybridized carbons (Fsp3) is 0.143. The molecule has 0 aliphatic carbocycles. The number of nitrogens with one attached hydrogen (secondary N) is 1. The number of hydrogen-bond acceptors (Lipinski definition) is 3. The molecule has 4 rings (SSSR count). The summed E-state index contributed by atoms with van der Waals surface area (Å²) < 4.78 is 0. The second-order valence-corrected chi connectivity index (χ2v) is 6.49. The molecule has 0 unspecified atom stereocenters. The van der Waals surface area contributed by atoms with Crippen molar-refractivity contribution in [1.29, 1.82) is 0 Å². The van der Waals surface area contributed by atoms with Gasteiger partial charge in [-0.25, -0.2) is 4.98 Å². The van der Waals surface area contributed by atoms with E-state index in [1.807, 2.05) is 36.5 Å². The molecule has 0 spiro atoms. The zero-order valence-electron chi connectivity index (χ0n) is 14.6. The first-order chi connectivity index (χ1) is 12.0. The number of benzene rings is 2. The summed E-state index contributed by atoms with van der Waals surface area (Å²) in [5.41, 5.74) is 14.1. The molecule has 4 heteroatoms. The molecule has 2 aromatic heterocycles. The van der Waals surface area contributed by atoms with Gasteiger partial charge in [-0.15, -0.1) is 0 Å². The van der Waals surface area contributed by atoms with Crippen molar-refractivity contribution in [3.8, 4) is 0 Å². The summed E-state index contributed by atoms with van der Waals surface area (Å²) in [5.74, 6) is 0. The number of pyridine rings is 1. The van der Waals surface area contributed by atoms with Crippen molar-refractivity contribution in [1.82, 2.24) is 9.97 Å². The molecule has 124 valence electrons. The van der Waals surface area contributed by atoms with E-state index in [0.29, 0.717) is 0 Å². The van der Waals surface area contributed by atoms with Gasteiger partial charge in [0.05, 0.1) is 28.6 Å². The fourth-order valence-corrected chi connectivity index (χ4v) is 3.05. The van der Waals surface area contributed by atoms with Crippen molar-refractivity contribution >= 4 is 39.4 Å². The number of aryl methyl sites for hydroxylation is 1. The monoisotopic (exact) mass is 328 g/mol. The molecule has 0 amide bonds. The predicted octanol–water partition coefficient (Wildman–Crippen LogP) is 4.97. The van der Waals surface area contributed by atoms with Crippen molar-refractivity contribution < 1.29 is 0 Å². The van der Waals surface area contributed by atoms with E-state index in [9.17, 15) is 0 Å². The molecule has 2 heterocycles. The second kappa shape index (κ2) is 5.74. The largest absolute Gasteiger partial charge is 0.399 e. The Morgan fingerprint density at radius 3 is 2.36 bits per heavy atom. The molecule has 0 saturated heterocycles. The quantitative estimate of drug-likeness (QED) is 0.310. The van der Waals surface area contributed by atoms with Crippen LogP contribution in [0.3, 0.4) is 0 Å². The molecule has 0 fully saturated rings. The van der Waals surface area contributed by atoms with Gasteiger partial charge in [-0.1, -0.05) is 12.1 Å². The lowest BCUT2D eigenvalue weighted by atomic mass is 10.1. The van der Waals surface area contributed by atoms with Crippen molar-refractivity contribution in [3.63, 3.8) is 0 Å². The number of rotatable bonds is 2. The number of aliphatic imine (C=N–C) groups is 1. The Labute approximate surface area is 146 Å². The van der Waals surface area contributed by atoms with Gasteiger partial charge in [0.2, 0.25) is 0 Å². The molecular weight excluding hydrogens is 308 g/mol. The third-order valence-corrected chi connectivity index (χ3v) is 4.81. The van der Waals surface area contributed by atoms with Crippen LogP contribution in [-0.2, 0) is 0 Å². The molecule has 0 aliphatic heterocycles. The Bertz CT molecular complexity index is 1140. The normalized spacial score (nSPS) is 11.8. The van der Waals surface area contributed by atoms with Crippen LogP contribution in [0.15, 0.2) is 47.5 Å². The number of fused-ring (bicyclic) bond motifs is 2. The van der Waals surface area contributed by atoms with E-state index in [-0.39, 0.29) is 0 Å². The number of nitrogens with zero attached hydrogens (tertiary/aromatic N) is 2. The lowest BCUT2D eigenvalue weighted by Gasteiger charge is -2.03. The summed E-state index contributed by atoms with van der Waals surface area (Å²) >= 11 is 0. The molecular formula is C21H20N4. The minimum atomic E-state index is 0.724. The lowest BCUT2D eigenvalue weighted by molar-refractivity contribution is 1.22. The number of nitrogens with two attached hydrogens (primary N) is 1. The summed E-state index contributed by atoms with van der Waals surface area (Å²) in [5, 5.41) is 2.19. The van der Waals surface area contributed by atoms with Gasteiger partial charge in [-0.3, -0.25) is 4.99 Å². The van der Waals surface area contributed by atoms with Crippen LogP contribution in [-0.4, -0.2) is 16.2 Å². The van der Waals surface area contributed by atoms with Gasteiger partial charge in [-0.05, 0) is 62.2 Å². The predicted molar refractivity (Wildman–Crippen MR) is 106 cm³/mol. The topological polar surface area (TPSA) is 67.1 Å². The van der Waals surface area contributed by atoms with Crippen molar-refractivity contribution in [2.45, 2.75) is 20.8 Å². The number of nitrogen functional groups attached to an aromatic ring is 1. The highest BCUT2D eigenvalue weighted by atomic mass is 14.8. The van der Waals surface area contributed by atoms with E-state index in [0.717, 1.165) is 38.9 Å². The molecule has 3 N–H and O–H groups in total. The summed E-state index contributed by atoms with van der Waals surface area (Å²) in [6.45, 7) is 6.31. The minimum absolute atomic E-state index is 0.724. The lowest BCUT2D eigenvalue weighted by Crippen LogP contribution is -1.87. The van der Waals surface area contributed by atoms with E-state index >= 15 is 0 Å². The Balaban J connectivity index is 1.76. The Morgan fingerprint density at radius 1 is 0.920 bits per heavy atom. The highest BCUT2D eigenvalue weighted by molar-refractivity contribution is 5.95. The smallest absolute Gasteiger partial charge is 0.0731 e. The molecule has 25 heavy (non-hydrogen) atoms. The van der Waals surface area contributed by atoms with E-state index in [4.69, 9.17) is 10.7 Å². The molecule has 4 aromatic rings. The van der Waals surface area contributed by atoms with Crippen LogP contribution in [0.5, 0.6) is 0 Å².